The van der Waals surface area contributed by atoms with Crippen LogP contribution < -0.4 is 10.1 Å². The number of methoxy groups -OCH3 is 1. The SMILES string of the molecule is COc1ccnc(NC2CCN(C(c3ccccc3)c3ccc(C)c(Cl)c3)CC2)n1. The average Bonchev–Trinajstić information content (AvgIpc) is 2.78. The fourth-order valence-electron chi connectivity index (χ4n) is 4.04. The molecule has 1 unspecified atom stereocenters. The number of hydrogen-bond acceptors (Lipinski definition) is 5. The lowest BCUT2D eigenvalue weighted by Gasteiger charge is -2.38. The second-order valence-corrected chi connectivity index (χ2v) is 8.11. The summed E-state index contributed by atoms with van der Waals surface area (Å²) in [5.74, 6) is 1.20. The van der Waals surface area contributed by atoms with Gasteiger partial charge in [-0.05, 0) is 42.5 Å². The number of benzene rings is 2. The van der Waals surface area contributed by atoms with Gasteiger partial charge in [-0.25, -0.2) is 4.98 Å². The smallest absolute Gasteiger partial charge is 0.226 e. The van der Waals surface area contributed by atoms with Crippen molar-refractivity contribution in [3.63, 3.8) is 0 Å². The number of rotatable bonds is 6. The normalized spacial score (nSPS) is 16.2. The van der Waals surface area contributed by atoms with Crippen molar-refractivity contribution in [1.29, 1.82) is 0 Å². The van der Waals surface area contributed by atoms with Crippen LogP contribution in [0.1, 0.15) is 35.6 Å². The lowest BCUT2D eigenvalue weighted by Crippen LogP contribution is -2.41. The molecule has 1 aliphatic heterocycles. The molecule has 0 bridgehead atoms. The summed E-state index contributed by atoms with van der Waals surface area (Å²) in [6.45, 7) is 4.00. The maximum absolute atomic E-state index is 6.47. The maximum Gasteiger partial charge on any atom is 0.226 e. The summed E-state index contributed by atoms with van der Waals surface area (Å²) < 4.78 is 5.20. The van der Waals surface area contributed by atoms with E-state index in [9.17, 15) is 0 Å². The lowest BCUT2D eigenvalue weighted by molar-refractivity contribution is 0.179. The molecule has 2 heterocycles. The molecule has 0 amide bonds. The molecule has 0 radical (unpaired) electrons. The molecule has 6 heteroatoms. The van der Waals surface area contributed by atoms with Gasteiger partial charge in [-0.3, -0.25) is 4.90 Å². The average molecular weight is 423 g/mol. The zero-order valence-electron chi connectivity index (χ0n) is 17.4. The van der Waals surface area contributed by atoms with E-state index in [0.717, 1.165) is 36.5 Å². The number of anilines is 1. The molecule has 1 aromatic heterocycles. The molecule has 1 aliphatic rings. The molecule has 0 aliphatic carbocycles. The fourth-order valence-corrected chi connectivity index (χ4v) is 4.23. The quantitative estimate of drug-likeness (QED) is 0.598. The zero-order chi connectivity index (χ0) is 20.9. The van der Waals surface area contributed by atoms with Crippen molar-refractivity contribution in [3.05, 3.63) is 82.5 Å². The number of piperidine rings is 1. The van der Waals surface area contributed by atoms with Gasteiger partial charge < -0.3 is 10.1 Å². The Balaban J connectivity index is 1.50. The molecule has 4 rings (SSSR count). The monoisotopic (exact) mass is 422 g/mol. The molecule has 0 spiro atoms. The van der Waals surface area contributed by atoms with E-state index in [1.165, 1.54) is 11.1 Å². The Kier molecular flexibility index (Phi) is 6.50. The lowest BCUT2D eigenvalue weighted by atomic mass is 9.93. The van der Waals surface area contributed by atoms with Crippen LogP contribution in [-0.2, 0) is 0 Å². The van der Waals surface area contributed by atoms with E-state index in [4.69, 9.17) is 16.3 Å². The molecule has 3 aromatic rings. The minimum atomic E-state index is 0.193. The highest BCUT2D eigenvalue weighted by molar-refractivity contribution is 6.31. The highest BCUT2D eigenvalue weighted by Gasteiger charge is 2.28. The summed E-state index contributed by atoms with van der Waals surface area (Å²) in [5.41, 5.74) is 3.63. The third-order valence-corrected chi connectivity index (χ3v) is 6.10. The first-order chi connectivity index (χ1) is 14.6. The molecular formula is C24H27ClN4O. The number of likely N-dealkylation sites (tertiary alicyclic amines) is 1. The second kappa shape index (κ2) is 9.45. The molecule has 156 valence electrons. The van der Waals surface area contributed by atoms with Crippen LogP contribution in [0.3, 0.4) is 0 Å². The third kappa shape index (κ3) is 4.74. The minimum Gasteiger partial charge on any atom is -0.481 e. The van der Waals surface area contributed by atoms with Crippen molar-refractivity contribution >= 4 is 17.5 Å². The van der Waals surface area contributed by atoms with Gasteiger partial charge in [0.25, 0.3) is 0 Å². The topological polar surface area (TPSA) is 50.3 Å². The Bertz CT molecular complexity index is 974. The maximum atomic E-state index is 6.47. The Hall–Kier alpha value is -2.63. The molecule has 1 fully saturated rings. The van der Waals surface area contributed by atoms with E-state index < -0.39 is 0 Å². The van der Waals surface area contributed by atoms with E-state index in [1.807, 2.05) is 6.92 Å². The van der Waals surface area contributed by atoms with Crippen LogP contribution in [0, 0.1) is 6.92 Å². The Morgan fingerprint density at radius 3 is 2.53 bits per heavy atom. The van der Waals surface area contributed by atoms with Crippen molar-refractivity contribution in [1.82, 2.24) is 14.9 Å². The summed E-state index contributed by atoms with van der Waals surface area (Å²) in [4.78, 5) is 11.2. The van der Waals surface area contributed by atoms with E-state index in [1.54, 1.807) is 19.4 Å². The number of aromatic nitrogens is 2. The van der Waals surface area contributed by atoms with Crippen LogP contribution in [0.4, 0.5) is 5.95 Å². The summed E-state index contributed by atoms with van der Waals surface area (Å²) in [5, 5.41) is 4.28. The molecule has 2 aromatic carbocycles. The predicted octanol–water partition coefficient (Wildman–Crippen LogP) is 5.11. The predicted molar refractivity (Wildman–Crippen MR) is 121 cm³/mol. The van der Waals surface area contributed by atoms with Gasteiger partial charge in [-0.1, -0.05) is 54.1 Å². The standard InChI is InChI=1S/C24H27ClN4O/c1-17-8-9-19(16-21(17)25)23(18-6-4-3-5-7-18)29-14-11-20(12-15-29)27-24-26-13-10-22(28-24)30-2/h3-10,13,16,20,23H,11-12,14-15H2,1-2H3,(H,26,27,28). The van der Waals surface area contributed by atoms with Gasteiger partial charge in [0.15, 0.2) is 0 Å². The number of halogens is 1. The molecule has 1 N–H and O–H groups in total. The van der Waals surface area contributed by atoms with E-state index in [-0.39, 0.29) is 6.04 Å². The Morgan fingerprint density at radius 2 is 1.83 bits per heavy atom. The third-order valence-electron chi connectivity index (χ3n) is 5.69. The number of hydrogen-bond donors (Lipinski definition) is 1. The van der Waals surface area contributed by atoms with Crippen molar-refractivity contribution < 1.29 is 4.74 Å². The van der Waals surface area contributed by atoms with Crippen molar-refractivity contribution in [2.45, 2.75) is 31.8 Å². The number of nitrogens with one attached hydrogen (secondary N) is 1. The van der Waals surface area contributed by atoms with Gasteiger partial charge in [0.2, 0.25) is 11.8 Å². The van der Waals surface area contributed by atoms with Crippen molar-refractivity contribution in [2.75, 3.05) is 25.5 Å². The first-order valence-corrected chi connectivity index (χ1v) is 10.7. The van der Waals surface area contributed by atoms with Gasteiger partial charge >= 0.3 is 0 Å². The van der Waals surface area contributed by atoms with Gasteiger partial charge in [-0.15, -0.1) is 0 Å². The van der Waals surface area contributed by atoms with Crippen LogP contribution >= 0.6 is 11.6 Å². The highest BCUT2D eigenvalue weighted by atomic mass is 35.5. The van der Waals surface area contributed by atoms with Crippen LogP contribution in [0.5, 0.6) is 5.88 Å². The second-order valence-electron chi connectivity index (χ2n) is 7.70. The fraction of sp³-hybridized carbons (Fsp3) is 0.333. The number of aryl methyl sites for hydroxylation is 1. The van der Waals surface area contributed by atoms with Gasteiger partial charge in [0.1, 0.15) is 0 Å². The van der Waals surface area contributed by atoms with Gasteiger partial charge in [0, 0.05) is 36.4 Å². The number of ether oxygens (including phenoxy) is 1. The highest BCUT2D eigenvalue weighted by Crippen LogP contribution is 2.33. The van der Waals surface area contributed by atoms with E-state index in [0.29, 0.717) is 17.9 Å². The Labute approximate surface area is 183 Å². The molecule has 0 saturated carbocycles. The molecule has 30 heavy (non-hydrogen) atoms. The van der Waals surface area contributed by atoms with E-state index >= 15 is 0 Å². The largest absolute Gasteiger partial charge is 0.481 e. The molecule has 1 saturated heterocycles. The van der Waals surface area contributed by atoms with Gasteiger partial charge in [0.05, 0.1) is 13.2 Å². The first-order valence-electron chi connectivity index (χ1n) is 10.3. The Morgan fingerprint density at radius 1 is 1.07 bits per heavy atom. The summed E-state index contributed by atoms with van der Waals surface area (Å²) >= 11 is 6.47. The zero-order valence-corrected chi connectivity index (χ0v) is 18.1. The van der Waals surface area contributed by atoms with Crippen LogP contribution in [0.15, 0.2) is 60.8 Å². The van der Waals surface area contributed by atoms with Crippen LogP contribution in [-0.4, -0.2) is 41.1 Å². The van der Waals surface area contributed by atoms with Crippen LogP contribution in [0.2, 0.25) is 5.02 Å². The van der Waals surface area contributed by atoms with Gasteiger partial charge in [-0.2, -0.15) is 4.98 Å². The van der Waals surface area contributed by atoms with Crippen LogP contribution in [0.25, 0.3) is 0 Å². The van der Waals surface area contributed by atoms with Crippen molar-refractivity contribution in [3.8, 4) is 5.88 Å². The number of nitrogens with zero attached hydrogens (tertiary/aromatic N) is 3. The van der Waals surface area contributed by atoms with E-state index in [2.05, 4.69) is 68.7 Å². The molecule has 1 atom stereocenters. The molecule has 5 nitrogen and oxygen atoms in total. The molecular weight excluding hydrogens is 396 g/mol. The first kappa shape index (κ1) is 20.6. The minimum absolute atomic E-state index is 0.193. The summed E-state index contributed by atoms with van der Waals surface area (Å²) in [7, 11) is 1.62. The van der Waals surface area contributed by atoms with Crippen molar-refractivity contribution in [2.24, 2.45) is 0 Å². The summed E-state index contributed by atoms with van der Waals surface area (Å²) in [6, 6.07) is 19.4. The summed E-state index contributed by atoms with van der Waals surface area (Å²) in [6.07, 6.45) is 3.75.